The highest BCUT2D eigenvalue weighted by Gasteiger charge is 2.12. The van der Waals surface area contributed by atoms with E-state index in [0.29, 0.717) is 0 Å². The lowest BCUT2D eigenvalue weighted by Gasteiger charge is -2.16. The average Bonchev–Trinajstić information content (AvgIpc) is 2.36. The zero-order valence-electron chi connectivity index (χ0n) is 10.5. The Morgan fingerprint density at radius 3 is 2.83 bits per heavy atom. The first kappa shape index (κ1) is 13.0. The van der Waals surface area contributed by atoms with Crippen LogP contribution in [-0.4, -0.2) is 17.0 Å². The lowest BCUT2D eigenvalue weighted by atomic mass is 10.0. The Labute approximate surface area is 112 Å². The number of benzene rings is 1. The lowest BCUT2D eigenvalue weighted by Crippen LogP contribution is -2.20. The Kier molecular flexibility index (Phi) is 4.28. The van der Waals surface area contributed by atoms with Crippen LogP contribution in [0.4, 0.5) is 0 Å². The molecule has 0 saturated heterocycles. The number of aromatic nitrogens is 2. The molecule has 1 unspecified atom stereocenters. The number of likely N-dealkylation sites (N-methyl/N-ethyl adjacent to an activating group) is 1. The molecule has 0 fully saturated rings. The van der Waals surface area contributed by atoms with Gasteiger partial charge in [-0.15, -0.1) is 0 Å². The Morgan fingerprint density at radius 1 is 1.33 bits per heavy atom. The molecule has 1 atom stereocenters. The maximum atomic E-state index is 6.00. The first-order valence-electron chi connectivity index (χ1n) is 5.90. The fraction of sp³-hybridized carbons (Fsp3) is 0.286. The summed E-state index contributed by atoms with van der Waals surface area (Å²) in [4.78, 5) is 8.57. The van der Waals surface area contributed by atoms with E-state index >= 15 is 0 Å². The van der Waals surface area contributed by atoms with Crippen molar-refractivity contribution in [2.24, 2.45) is 0 Å². The van der Waals surface area contributed by atoms with E-state index < -0.39 is 0 Å². The molecule has 0 spiro atoms. The second-order valence-electron chi connectivity index (χ2n) is 4.20. The van der Waals surface area contributed by atoms with Crippen LogP contribution in [0.5, 0.6) is 0 Å². The summed E-state index contributed by atoms with van der Waals surface area (Å²) in [5.41, 5.74) is 2.20. The molecule has 0 saturated carbocycles. The molecule has 2 rings (SSSR count). The molecule has 4 heteroatoms. The number of hydrogen-bond acceptors (Lipinski definition) is 3. The minimum absolute atomic E-state index is 0.171. The van der Waals surface area contributed by atoms with Crippen molar-refractivity contribution >= 4 is 11.6 Å². The lowest BCUT2D eigenvalue weighted by molar-refractivity contribution is 0.572. The fourth-order valence-electron chi connectivity index (χ4n) is 1.92. The third kappa shape index (κ3) is 3.28. The Bertz CT molecular complexity index is 528. The van der Waals surface area contributed by atoms with E-state index in [0.717, 1.165) is 23.0 Å². The summed E-state index contributed by atoms with van der Waals surface area (Å²) in [6.07, 6.45) is 2.65. The van der Waals surface area contributed by atoms with E-state index in [9.17, 15) is 0 Å². The van der Waals surface area contributed by atoms with Crippen LogP contribution in [-0.2, 0) is 6.42 Å². The van der Waals surface area contributed by atoms with Crippen LogP contribution in [0.1, 0.15) is 23.1 Å². The molecule has 2 aromatic rings. The third-order valence-corrected chi connectivity index (χ3v) is 3.07. The van der Waals surface area contributed by atoms with Gasteiger partial charge in [0, 0.05) is 11.2 Å². The number of nitrogens with zero attached hydrogens (tertiary/aromatic N) is 2. The predicted molar refractivity (Wildman–Crippen MR) is 73.7 cm³/mol. The van der Waals surface area contributed by atoms with Crippen molar-refractivity contribution in [1.82, 2.24) is 15.3 Å². The molecule has 1 aromatic carbocycles. The van der Waals surface area contributed by atoms with Crippen LogP contribution in [0, 0.1) is 6.92 Å². The van der Waals surface area contributed by atoms with Gasteiger partial charge >= 0.3 is 0 Å². The largest absolute Gasteiger partial charge is 0.311 e. The number of rotatable bonds is 4. The Morgan fingerprint density at radius 2 is 2.17 bits per heavy atom. The smallest absolute Gasteiger partial charge is 0.125 e. The van der Waals surface area contributed by atoms with Gasteiger partial charge in [0.05, 0.1) is 11.7 Å². The van der Waals surface area contributed by atoms with Crippen LogP contribution in [0.3, 0.4) is 0 Å². The first-order valence-corrected chi connectivity index (χ1v) is 6.28. The van der Waals surface area contributed by atoms with Gasteiger partial charge < -0.3 is 5.32 Å². The Hall–Kier alpha value is -1.45. The molecule has 1 heterocycles. The van der Waals surface area contributed by atoms with E-state index in [1.165, 1.54) is 5.56 Å². The van der Waals surface area contributed by atoms with Crippen LogP contribution in [0.2, 0.25) is 5.02 Å². The molecule has 0 bridgehead atoms. The molecule has 1 aromatic heterocycles. The number of halogens is 1. The van der Waals surface area contributed by atoms with Gasteiger partial charge in [-0.2, -0.15) is 0 Å². The fourth-order valence-corrected chi connectivity index (χ4v) is 2.14. The maximum Gasteiger partial charge on any atom is 0.125 e. The summed E-state index contributed by atoms with van der Waals surface area (Å²) in [5.74, 6) is 0.791. The molecule has 0 aliphatic carbocycles. The van der Waals surface area contributed by atoms with Gasteiger partial charge in [0.25, 0.3) is 0 Å². The topological polar surface area (TPSA) is 37.8 Å². The first-order chi connectivity index (χ1) is 8.69. The van der Waals surface area contributed by atoms with Crippen LogP contribution in [0.25, 0.3) is 0 Å². The van der Waals surface area contributed by atoms with Crippen molar-refractivity contribution in [3.05, 3.63) is 58.6 Å². The van der Waals surface area contributed by atoms with E-state index in [2.05, 4.69) is 21.4 Å². The van der Waals surface area contributed by atoms with E-state index in [4.69, 9.17) is 11.6 Å². The molecular weight excluding hydrogens is 246 g/mol. The summed E-state index contributed by atoms with van der Waals surface area (Å²) in [6.45, 7) is 1.90. The van der Waals surface area contributed by atoms with Gasteiger partial charge in [-0.1, -0.05) is 23.7 Å². The van der Waals surface area contributed by atoms with Crippen molar-refractivity contribution < 1.29 is 0 Å². The van der Waals surface area contributed by atoms with Gasteiger partial charge in [-0.05, 0) is 44.2 Å². The van der Waals surface area contributed by atoms with Gasteiger partial charge in [-0.25, -0.2) is 9.97 Å². The molecule has 3 nitrogen and oxygen atoms in total. The van der Waals surface area contributed by atoms with Crippen molar-refractivity contribution in [2.45, 2.75) is 19.4 Å². The van der Waals surface area contributed by atoms with Crippen LogP contribution in [0.15, 0.2) is 36.5 Å². The highest BCUT2D eigenvalue weighted by Crippen LogP contribution is 2.18. The maximum absolute atomic E-state index is 6.00. The van der Waals surface area contributed by atoms with Gasteiger partial charge in [0.1, 0.15) is 5.82 Å². The van der Waals surface area contributed by atoms with E-state index in [1.54, 1.807) is 6.20 Å². The summed E-state index contributed by atoms with van der Waals surface area (Å²) >= 11 is 6.00. The monoisotopic (exact) mass is 261 g/mol. The number of aryl methyl sites for hydroxylation is 1. The second kappa shape index (κ2) is 5.94. The van der Waals surface area contributed by atoms with Gasteiger partial charge in [0.15, 0.2) is 0 Å². The standard InChI is InChI=1S/C14H16ClN3/c1-10-17-7-6-13(18-10)14(16-2)9-11-4-3-5-12(15)8-11/h3-8,14,16H,9H2,1-2H3. The molecular formula is C14H16ClN3. The quantitative estimate of drug-likeness (QED) is 0.920. The van der Waals surface area contributed by atoms with E-state index in [1.807, 2.05) is 38.2 Å². The zero-order valence-corrected chi connectivity index (χ0v) is 11.3. The van der Waals surface area contributed by atoms with Gasteiger partial charge in [-0.3, -0.25) is 0 Å². The van der Waals surface area contributed by atoms with Crippen LogP contribution < -0.4 is 5.32 Å². The minimum Gasteiger partial charge on any atom is -0.311 e. The average molecular weight is 262 g/mol. The van der Waals surface area contributed by atoms with E-state index in [-0.39, 0.29) is 6.04 Å². The molecule has 0 radical (unpaired) electrons. The molecule has 0 aliphatic heterocycles. The second-order valence-corrected chi connectivity index (χ2v) is 4.64. The minimum atomic E-state index is 0.171. The van der Waals surface area contributed by atoms with Crippen molar-refractivity contribution in [2.75, 3.05) is 7.05 Å². The molecule has 94 valence electrons. The molecule has 0 amide bonds. The molecule has 1 N–H and O–H groups in total. The highest BCUT2D eigenvalue weighted by molar-refractivity contribution is 6.30. The van der Waals surface area contributed by atoms with Gasteiger partial charge in [0.2, 0.25) is 0 Å². The Balaban J connectivity index is 2.19. The van der Waals surface area contributed by atoms with Crippen molar-refractivity contribution in [3.63, 3.8) is 0 Å². The molecule has 18 heavy (non-hydrogen) atoms. The van der Waals surface area contributed by atoms with Crippen LogP contribution >= 0.6 is 11.6 Å². The number of nitrogens with one attached hydrogen (secondary N) is 1. The van der Waals surface area contributed by atoms with Crippen molar-refractivity contribution in [1.29, 1.82) is 0 Å². The third-order valence-electron chi connectivity index (χ3n) is 2.83. The summed E-state index contributed by atoms with van der Waals surface area (Å²) in [5, 5.41) is 4.05. The summed E-state index contributed by atoms with van der Waals surface area (Å²) in [7, 11) is 1.94. The summed E-state index contributed by atoms with van der Waals surface area (Å²) < 4.78 is 0. The number of hydrogen-bond donors (Lipinski definition) is 1. The highest BCUT2D eigenvalue weighted by atomic mass is 35.5. The van der Waals surface area contributed by atoms with Crippen molar-refractivity contribution in [3.8, 4) is 0 Å². The SMILES string of the molecule is CNC(Cc1cccc(Cl)c1)c1ccnc(C)n1. The summed E-state index contributed by atoms with van der Waals surface area (Å²) in [6, 6.07) is 10.0. The molecule has 0 aliphatic rings. The zero-order chi connectivity index (χ0) is 13.0. The predicted octanol–water partition coefficient (Wildman–Crippen LogP) is 2.94. The normalized spacial score (nSPS) is 12.4.